The summed E-state index contributed by atoms with van der Waals surface area (Å²) in [6.45, 7) is 4.01. The molecule has 0 radical (unpaired) electrons. The summed E-state index contributed by atoms with van der Waals surface area (Å²) < 4.78 is 0. The van der Waals surface area contributed by atoms with Gasteiger partial charge in [0.1, 0.15) is 0 Å². The van der Waals surface area contributed by atoms with Crippen molar-refractivity contribution >= 4 is 17.6 Å². The molecule has 2 amide bonds. The van der Waals surface area contributed by atoms with E-state index in [0.717, 1.165) is 5.56 Å². The number of halogens is 1. The normalized spacial score (nSPS) is 11.2. The number of hydrogen-bond donors (Lipinski definition) is 2. The molecule has 0 heterocycles. The lowest BCUT2D eigenvalue weighted by Gasteiger charge is -2.30. The number of benzene rings is 1. The van der Waals surface area contributed by atoms with E-state index in [4.69, 9.17) is 16.7 Å². The molecule has 0 spiro atoms. The van der Waals surface area contributed by atoms with Gasteiger partial charge < -0.3 is 15.3 Å². The minimum absolute atomic E-state index is 0.0591. The molecule has 0 unspecified atom stereocenters. The topological polar surface area (TPSA) is 52.6 Å². The van der Waals surface area contributed by atoms with E-state index >= 15 is 0 Å². The van der Waals surface area contributed by atoms with Gasteiger partial charge in [-0.2, -0.15) is 0 Å². The number of urea groups is 1. The van der Waals surface area contributed by atoms with E-state index in [0.29, 0.717) is 11.6 Å². The number of hydrogen-bond acceptors (Lipinski definition) is 2. The molecule has 1 aromatic rings. The molecule has 0 aliphatic carbocycles. The molecule has 1 aromatic carbocycles. The molecule has 0 saturated carbocycles. The largest absolute Gasteiger partial charge is 0.395 e. The van der Waals surface area contributed by atoms with Crippen LogP contribution in [0.3, 0.4) is 0 Å². The van der Waals surface area contributed by atoms with Crippen molar-refractivity contribution in [2.75, 3.05) is 20.2 Å². The summed E-state index contributed by atoms with van der Waals surface area (Å²) in [5.41, 5.74) is 0.288. The minimum atomic E-state index is -0.570. The zero-order valence-corrected chi connectivity index (χ0v) is 11.7. The summed E-state index contributed by atoms with van der Waals surface area (Å²) in [6, 6.07) is 7.17. The van der Waals surface area contributed by atoms with Crippen LogP contribution >= 0.6 is 11.6 Å². The Balaban J connectivity index is 2.82. The van der Waals surface area contributed by atoms with Gasteiger partial charge in [-0.05, 0) is 25.5 Å². The van der Waals surface area contributed by atoms with Crippen LogP contribution in [0, 0.1) is 0 Å². The zero-order chi connectivity index (χ0) is 13.8. The molecule has 0 fully saturated rings. The fourth-order valence-electron chi connectivity index (χ4n) is 1.65. The third kappa shape index (κ3) is 3.62. The van der Waals surface area contributed by atoms with Crippen LogP contribution in [-0.4, -0.2) is 36.2 Å². The highest BCUT2D eigenvalue weighted by Crippen LogP contribution is 2.27. The molecule has 0 bridgehead atoms. The first-order valence-corrected chi connectivity index (χ1v) is 6.15. The lowest BCUT2D eigenvalue weighted by Crippen LogP contribution is -2.47. The Kier molecular flexibility index (Phi) is 4.99. The number of nitrogens with zero attached hydrogens (tertiary/aromatic N) is 1. The van der Waals surface area contributed by atoms with Crippen molar-refractivity contribution in [2.24, 2.45) is 0 Å². The van der Waals surface area contributed by atoms with Crippen LogP contribution in [0.1, 0.15) is 19.4 Å². The highest BCUT2D eigenvalue weighted by molar-refractivity contribution is 6.31. The highest BCUT2D eigenvalue weighted by Gasteiger charge is 2.26. The molecule has 18 heavy (non-hydrogen) atoms. The molecule has 0 aliphatic heterocycles. The molecule has 0 atom stereocenters. The number of carbonyl (C=O) groups is 1. The summed E-state index contributed by atoms with van der Waals surface area (Å²) in [5.74, 6) is 0. The number of amides is 2. The van der Waals surface area contributed by atoms with Crippen molar-refractivity contribution in [3.8, 4) is 0 Å². The second-order valence-corrected chi connectivity index (χ2v) is 5.09. The van der Waals surface area contributed by atoms with Crippen LogP contribution in [0.15, 0.2) is 24.3 Å². The number of carbonyl (C=O) groups excluding carboxylic acids is 1. The molecule has 100 valence electrons. The molecular weight excluding hydrogens is 252 g/mol. The average Bonchev–Trinajstić information content (AvgIpc) is 2.29. The summed E-state index contributed by atoms with van der Waals surface area (Å²) in [6.07, 6.45) is 0. The maximum absolute atomic E-state index is 11.9. The number of likely N-dealkylation sites (N-methyl/N-ethyl adjacent to an activating group) is 1. The Labute approximate surface area is 113 Å². The summed E-state index contributed by atoms with van der Waals surface area (Å²) in [5, 5.41) is 12.3. The summed E-state index contributed by atoms with van der Waals surface area (Å²) >= 11 is 6.13. The third-order valence-electron chi connectivity index (χ3n) is 2.75. The fourth-order valence-corrected chi connectivity index (χ4v) is 2.02. The molecule has 4 nitrogen and oxygen atoms in total. The Morgan fingerprint density at radius 3 is 2.61 bits per heavy atom. The van der Waals surface area contributed by atoms with Crippen molar-refractivity contribution in [1.82, 2.24) is 10.2 Å². The van der Waals surface area contributed by atoms with Crippen molar-refractivity contribution < 1.29 is 9.90 Å². The Morgan fingerprint density at radius 1 is 1.44 bits per heavy atom. The third-order valence-corrected chi connectivity index (χ3v) is 3.08. The van der Waals surface area contributed by atoms with Crippen LogP contribution in [0.5, 0.6) is 0 Å². The van der Waals surface area contributed by atoms with E-state index in [1.165, 1.54) is 4.90 Å². The van der Waals surface area contributed by atoms with E-state index in [9.17, 15) is 4.79 Å². The maximum Gasteiger partial charge on any atom is 0.317 e. The second kappa shape index (κ2) is 6.07. The van der Waals surface area contributed by atoms with Crippen molar-refractivity contribution in [3.05, 3.63) is 34.9 Å². The number of nitrogens with one attached hydrogen (secondary N) is 1. The SMILES string of the molecule is CN(CCO)C(=O)NC(C)(C)c1ccccc1Cl. The zero-order valence-electron chi connectivity index (χ0n) is 10.9. The average molecular weight is 271 g/mol. The summed E-state index contributed by atoms with van der Waals surface area (Å²) in [4.78, 5) is 13.3. The van der Waals surface area contributed by atoms with E-state index in [1.807, 2.05) is 32.0 Å². The van der Waals surface area contributed by atoms with Crippen molar-refractivity contribution in [3.63, 3.8) is 0 Å². The van der Waals surface area contributed by atoms with E-state index < -0.39 is 5.54 Å². The van der Waals surface area contributed by atoms with Gasteiger partial charge in [-0.1, -0.05) is 29.8 Å². The predicted molar refractivity (Wildman–Crippen MR) is 72.7 cm³/mol. The van der Waals surface area contributed by atoms with Crippen molar-refractivity contribution in [1.29, 1.82) is 0 Å². The van der Waals surface area contributed by atoms with Gasteiger partial charge >= 0.3 is 6.03 Å². The summed E-state index contributed by atoms with van der Waals surface area (Å²) in [7, 11) is 1.63. The number of rotatable bonds is 4. The highest BCUT2D eigenvalue weighted by atomic mass is 35.5. The van der Waals surface area contributed by atoms with Gasteiger partial charge in [0, 0.05) is 18.6 Å². The van der Waals surface area contributed by atoms with E-state index in [-0.39, 0.29) is 12.6 Å². The lowest BCUT2D eigenvalue weighted by molar-refractivity contribution is 0.181. The molecule has 5 heteroatoms. The molecule has 2 N–H and O–H groups in total. The molecular formula is C13H19ClN2O2. The van der Waals surface area contributed by atoms with Gasteiger partial charge in [-0.3, -0.25) is 0 Å². The predicted octanol–water partition coefficient (Wildman–Crippen LogP) is 2.21. The minimum Gasteiger partial charge on any atom is -0.395 e. The molecule has 0 saturated heterocycles. The Bertz CT molecular complexity index is 421. The fraction of sp³-hybridized carbons (Fsp3) is 0.462. The van der Waals surface area contributed by atoms with Crippen LogP contribution in [-0.2, 0) is 5.54 Å². The smallest absolute Gasteiger partial charge is 0.317 e. The first kappa shape index (κ1) is 14.8. The molecule has 0 aromatic heterocycles. The quantitative estimate of drug-likeness (QED) is 0.881. The maximum atomic E-state index is 11.9. The molecule has 0 aliphatic rings. The number of aliphatic hydroxyl groups is 1. The number of aliphatic hydroxyl groups excluding tert-OH is 1. The van der Waals surface area contributed by atoms with E-state index in [1.54, 1.807) is 13.1 Å². The monoisotopic (exact) mass is 270 g/mol. The van der Waals surface area contributed by atoms with Gasteiger partial charge in [-0.25, -0.2) is 4.79 Å². The Hall–Kier alpha value is -1.26. The Morgan fingerprint density at radius 2 is 2.06 bits per heavy atom. The van der Waals surface area contributed by atoms with Gasteiger partial charge in [0.2, 0.25) is 0 Å². The first-order valence-electron chi connectivity index (χ1n) is 5.77. The first-order chi connectivity index (χ1) is 8.38. The van der Waals surface area contributed by atoms with Gasteiger partial charge in [0.25, 0.3) is 0 Å². The van der Waals surface area contributed by atoms with Crippen LogP contribution in [0.25, 0.3) is 0 Å². The standard InChI is InChI=1S/C13H19ClN2O2/c1-13(2,10-6-4-5-7-11(10)14)15-12(18)16(3)8-9-17/h4-7,17H,8-9H2,1-3H3,(H,15,18). The van der Waals surface area contributed by atoms with Crippen LogP contribution < -0.4 is 5.32 Å². The van der Waals surface area contributed by atoms with Crippen LogP contribution in [0.2, 0.25) is 5.02 Å². The van der Waals surface area contributed by atoms with Gasteiger partial charge in [0.05, 0.1) is 12.1 Å². The van der Waals surface area contributed by atoms with Crippen LogP contribution in [0.4, 0.5) is 4.79 Å². The van der Waals surface area contributed by atoms with Crippen molar-refractivity contribution in [2.45, 2.75) is 19.4 Å². The molecule has 1 rings (SSSR count). The van der Waals surface area contributed by atoms with Gasteiger partial charge in [-0.15, -0.1) is 0 Å². The second-order valence-electron chi connectivity index (χ2n) is 4.68. The lowest BCUT2D eigenvalue weighted by atomic mass is 9.94. The van der Waals surface area contributed by atoms with E-state index in [2.05, 4.69) is 5.32 Å². The van der Waals surface area contributed by atoms with Gasteiger partial charge in [0.15, 0.2) is 0 Å².